The largest absolute Gasteiger partial charge is 0.324 e. The van der Waals surface area contributed by atoms with Crippen LogP contribution in [0.5, 0.6) is 0 Å². The van der Waals surface area contributed by atoms with Crippen LogP contribution in [-0.4, -0.2) is 34.1 Å². The maximum absolute atomic E-state index is 12.8. The van der Waals surface area contributed by atoms with Crippen molar-refractivity contribution < 1.29 is 19.3 Å². The number of imide groups is 1. The zero-order chi connectivity index (χ0) is 18.9. The topological polar surface area (TPSA) is 110 Å². The lowest BCUT2D eigenvalue weighted by molar-refractivity contribution is -0.384. The van der Waals surface area contributed by atoms with Crippen molar-refractivity contribution in [3.63, 3.8) is 0 Å². The number of benzene rings is 1. The monoisotopic (exact) mass is 367 g/mol. The zero-order valence-corrected chi connectivity index (χ0v) is 14.3. The van der Waals surface area contributed by atoms with Crippen LogP contribution in [0.15, 0.2) is 36.4 Å². The zero-order valence-electron chi connectivity index (χ0n) is 14.3. The molecule has 27 heavy (non-hydrogen) atoms. The minimum Gasteiger partial charge on any atom is -0.324 e. The number of nitrogens with zero attached hydrogens (tertiary/aromatic N) is 2. The molecule has 1 heterocycles. The van der Waals surface area contributed by atoms with Crippen molar-refractivity contribution in [2.75, 3.05) is 11.9 Å². The van der Waals surface area contributed by atoms with Gasteiger partial charge < -0.3 is 5.32 Å². The molecule has 1 saturated heterocycles. The maximum atomic E-state index is 12.8. The molecule has 6 atom stereocenters. The van der Waals surface area contributed by atoms with Gasteiger partial charge in [-0.1, -0.05) is 18.2 Å². The fourth-order valence-corrected chi connectivity index (χ4v) is 5.22. The summed E-state index contributed by atoms with van der Waals surface area (Å²) in [4.78, 5) is 49.4. The molecular weight excluding hydrogens is 350 g/mol. The van der Waals surface area contributed by atoms with Gasteiger partial charge in [0.2, 0.25) is 17.7 Å². The van der Waals surface area contributed by atoms with E-state index in [0.717, 1.165) is 11.3 Å². The SMILES string of the molecule is O=C(CN1C(=O)[C@@H]2[C@H]3C=C[C@@H]([C@@H]4C[C@H]34)[C@@H]2C1=O)Nc1cccc([N+](=O)[O-])c1. The molecule has 2 saturated carbocycles. The summed E-state index contributed by atoms with van der Waals surface area (Å²) in [7, 11) is 0. The molecule has 8 nitrogen and oxygen atoms in total. The molecule has 3 fully saturated rings. The molecule has 1 aromatic rings. The van der Waals surface area contributed by atoms with Crippen LogP contribution in [0.25, 0.3) is 0 Å². The third kappa shape index (κ3) is 2.32. The van der Waals surface area contributed by atoms with E-state index in [2.05, 4.69) is 17.5 Å². The number of nitro groups is 1. The summed E-state index contributed by atoms with van der Waals surface area (Å²) >= 11 is 0. The second-order valence-electron chi connectivity index (χ2n) is 7.77. The van der Waals surface area contributed by atoms with Gasteiger partial charge in [0.05, 0.1) is 16.8 Å². The molecule has 0 unspecified atom stereocenters. The van der Waals surface area contributed by atoms with Gasteiger partial charge in [-0.2, -0.15) is 0 Å². The van der Waals surface area contributed by atoms with Crippen molar-refractivity contribution in [3.8, 4) is 0 Å². The van der Waals surface area contributed by atoms with E-state index in [1.807, 2.05) is 0 Å². The van der Waals surface area contributed by atoms with Crippen LogP contribution in [0.4, 0.5) is 11.4 Å². The minimum atomic E-state index is -0.554. The third-order valence-electron chi connectivity index (χ3n) is 6.40. The number of allylic oxidation sites excluding steroid dienone is 2. The van der Waals surface area contributed by atoms with Crippen molar-refractivity contribution in [3.05, 3.63) is 46.5 Å². The minimum absolute atomic E-state index is 0.117. The molecule has 2 bridgehead atoms. The standard InChI is InChI=1S/C19H17N3O5/c23-15(20-9-2-1-3-10(6-9)22(26)27)8-21-18(24)16-11-4-5-12(14-7-13(11)14)17(16)19(21)25/h1-6,11-14,16-17H,7-8H2,(H,20,23)/t11-,12-,13-,14+,16-,17+/m0/s1. The Morgan fingerprint density at radius 1 is 1.15 bits per heavy atom. The van der Waals surface area contributed by atoms with Crippen LogP contribution in [0.2, 0.25) is 0 Å². The lowest BCUT2D eigenvalue weighted by atomic mass is 9.63. The Morgan fingerprint density at radius 2 is 1.78 bits per heavy atom. The molecule has 0 radical (unpaired) electrons. The van der Waals surface area contributed by atoms with Crippen LogP contribution in [0.3, 0.4) is 0 Å². The van der Waals surface area contributed by atoms with Gasteiger partial charge in [0.15, 0.2) is 0 Å². The van der Waals surface area contributed by atoms with E-state index >= 15 is 0 Å². The van der Waals surface area contributed by atoms with Crippen LogP contribution in [0.1, 0.15) is 6.42 Å². The lowest BCUT2D eigenvalue weighted by Crippen LogP contribution is -2.40. The number of nitro benzene ring substituents is 1. The van der Waals surface area contributed by atoms with E-state index in [0.29, 0.717) is 11.8 Å². The van der Waals surface area contributed by atoms with Crippen LogP contribution < -0.4 is 5.32 Å². The van der Waals surface area contributed by atoms with Crippen molar-refractivity contribution in [2.45, 2.75) is 6.42 Å². The predicted octanol–water partition coefficient (Wildman–Crippen LogP) is 1.59. The molecule has 5 aliphatic rings. The Labute approximate surface area is 154 Å². The molecule has 0 spiro atoms. The fraction of sp³-hybridized carbons (Fsp3) is 0.421. The molecule has 4 aliphatic carbocycles. The molecular formula is C19H17N3O5. The average Bonchev–Trinajstić information content (AvgIpc) is 3.43. The summed E-state index contributed by atoms with van der Waals surface area (Å²) in [5, 5.41) is 13.4. The summed E-state index contributed by atoms with van der Waals surface area (Å²) in [6.45, 7) is -0.359. The van der Waals surface area contributed by atoms with Gasteiger partial charge in [-0.25, -0.2) is 0 Å². The van der Waals surface area contributed by atoms with Gasteiger partial charge in [-0.15, -0.1) is 0 Å². The van der Waals surface area contributed by atoms with E-state index < -0.39 is 10.8 Å². The Hall–Kier alpha value is -3.03. The molecule has 0 aromatic heterocycles. The number of nitrogens with one attached hydrogen (secondary N) is 1. The summed E-state index contributed by atoms with van der Waals surface area (Å²) in [6, 6.07) is 5.55. The van der Waals surface area contributed by atoms with Crippen molar-refractivity contribution in [1.29, 1.82) is 0 Å². The highest BCUT2D eigenvalue weighted by Crippen LogP contribution is 2.65. The molecule has 8 heteroatoms. The van der Waals surface area contributed by atoms with Gasteiger partial charge in [-0.3, -0.25) is 29.4 Å². The van der Waals surface area contributed by atoms with Gasteiger partial charge in [-0.05, 0) is 36.2 Å². The fourth-order valence-electron chi connectivity index (χ4n) is 5.22. The van der Waals surface area contributed by atoms with Gasteiger partial charge in [0, 0.05) is 17.8 Å². The number of likely N-dealkylation sites (tertiary alicyclic amines) is 1. The van der Waals surface area contributed by atoms with Crippen LogP contribution in [-0.2, 0) is 14.4 Å². The second-order valence-corrected chi connectivity index (χ2v) is 7.77. The first-order valence-electron chi connectivity index (χ1n) is 9.03. The van der Waals surface area contributed by atoms with Gasteiger partial charge >= 0.3 is 0 Å². The molecule has 1 aliphatic heterocycles. The molecule has 1 N–H and O–H groups in total. The number of anilines is 1. The molecule has 6 rings (SSSR count). The highest BCUT2D eigenvalue weighted by atomic mass is 16.6. The summed E-state index contributed by atoms with van der Waals surface area (Å²) in [5.74, 6) is -0.469. The van der Waals surface area contributed by atoms with Crippen molar-refractivity contribution >= 4 is 29.1 Å². The summed E-state index contributed by atoms with van der Waals surface area (Å²) < 4.78 is 0. The van der Waals surface area contributed by atoms with E-state index in [1.54, 1.807) is 0 Å². The highest BCUT2D eigenvalue weighted by molar-refractivity contribution is 6.09. The van der Waals surface area contributed by atoms with E-state index in [1.165, 1.54) is 24.3 Å². The number of carbonyl (C=O) groups is 3. The number of hydrogen-bond donors (Lipinski definition) is 1. The Bertz CT molecular complexity index is 890. The summed E-state index contributed by atoms with van der Waals surface area (Å²) in [5.41, 5.74) is 0.114. The van der Waals surface area contributed by atoms with E-state index in [4.69, 9.17) is 0 Å². The normalized spacial score (nSPS) is 35.0. The van der Waals surface area contributed by atoms with E-state index in [9.17, 15) is 24.5 Å². The van der Waals surface area contributed by atoms with Crippen molar-refractivity contribution in [2.24, 2.45) is 35.5 Å². The molecule has 3 amide bonds. The van der Waals surface area contributed by atoms with Crippen LogP contribution in [0, 0.1) is 45.6 Å². The smallest absolute Gasteiger partial charge is 0.271 e. The van der Waals surface area contributed by atoms with Crippen molar-refractivity contribution in [1.82, 2.24) is 4.90 Å². The Morgan fingerprint density at radius 3 is 2.37 bits per heavy atom. The van der Waals surface area contributed by atoms with Gasteiger partial charge in [0.25, 0.3) is 5.69 Å². The number of carbonyl (C=O) groups excluding carboxylic acids is 3. The first kappa shape index (κ1) is 16.2. The molecule has 138 valence electrons. The van der Waals surface area contributed by atoms with Gasteiger partial charge in [0.1, 0.15) is 6.54 Å². The second kappa shape index (κ2) is 5.48. The quantitative estimate of drug-likeness (QED) is 0.376. The van der Waals surface area contributed by atoms with E-state index in [-0.39, 0.29) is 53.4 Å². The third-order valence-corrected chi connectivity index (χ3v) is 6.40. The highest BCUT2D eigenvalue weighted by Gasteiger charge is 2.67. The predicted molar refractivity (Wildman–Crippen MR) is 93.1 cm³/mol. The number of non-ortho nitro benzene ring substituents is 1. The summed E-state index contributed by atoms with van der Waals surface area (Å²) in [6.07, 6.45) is 5.25. The first-order valence-corrected chi connectivity index (χ1v) is 9.03. The average molecular weight is 367 g/mol. The number of hydrogen-bond acceptors (Lipinski definition) is 5. The Balaban J connectivity index is 1.31. The lowest BCUT2D eigenvalue weighted by Gasteiger charge is -2.37. The van der Waals surface area contributed by atoms with Crippen LogP contribution >= 0.6 is 0 Å². The number of rotatable bonds is 4. The first-order chi connectivity index (χ1) is 13.0. The molecule has 1 aromatic carbocycles. The Kier molecular flexibility index (Phi) is 3.28. The number of amides is 3. The maximum Gasteiger partial charge on any atom is 0.271 e.